The summed E-state index contributed by atoms with van der Waals surface area (Å²) in [5, 5.41) is 9.13. The molecule has 0 atom stereocenters. The van der Waals surface area contributed by atoms with Crippen LogP contribution in [0.15, 0.2) is 18.2 Å². The molecule has 0 saturated heterocycles. The van der Waals surface area contributed by atoms with Gasteiger partial charge < -0.3 is 16.0 Å². The molecule has 1 aromatic carbocycles. The van der Waals surface area contributed by atoms with Crippen LogP contribution in [0, 0.1) is 6.92 Å². The lowest BCUT2D eigenvalue weighted by Gasteiger charge is -2.21. The minimum Gasteiger partial charge on any atom is -0.376 e. The van der Waals surface area contributed by atoms with Crippen LogP contribution in [-0.4, -0.2) is 24.4 Å². The molecule has 0 bridgehead atoms. The zero-order valence-electron chi connectivity index (χ0n) is 14.8. The number of hydrogen-bond acceptors (Lipinski definition) is 3. The molecule has 1 aliphatic carbocycles. The molecule has 0 aromatic heterocycles. The van der Waals surface area contributed by atoms with Gasteiger partial charge in [-0.1, -0.05) is 38.2 Å². The van der Waals surface area contributed by atoms with Gasteiger partial charge >= 0.3 is 0 Å². The van der Waals surface area contributed by atoms with Gasteiger partial charge in [0.2, 0.25) is 11.8 Å². The number of hydrogen-bond donors (Lipinski definition) is 3. The van der Waals surface area contributed by atoms with Gasteiger partial charge in [-0.25, -0.2) is 0 Å². The summed E-state index contributed by atoms with van der Waals surface area (Å²) in [6.07, 6.45) is 8.46. The Balaban J connectivity index is 1.85. The fourth-order valence-electron chi connectivity index (χ4n) is 3.21. The Morgan fingerprint density at radius 1 is 1.04 bits per heavy atom. The predicted molar refractivity (Wildman–Crippen MR) is 98.2 cm³/mol. The van der Waals surface area contributed by atoms with Gasteiger partial charge in [0, 0.05) is 24.3 Å². The summed E-state index contributed by atoms with van der Waals surface area (Å²) in [5.41, 5.74) is 2.58. The van der Waals surface area contributed by atoms with Gasteiger partial charge in [0.15, 0.2) is 0 Å². The van der Waals surface area contributed by atoms with Crippen molar-refractivity contribution in [3.63, 3.8) is 0 Å². The molecule has 0 unspecified atom stereocenters. The van der Waals surface area contributed by atoms with Crippen LogP contribution in [0.1, 0.15) is 57.4 Å². The summed E-state index contributed by atoms with van der Waals surface area (Å²) in [4.78, 5) is 23.4. The summed E-state index contributed by atoms with van der Waals surface area (Å²) in [5.74, 6) is -0.0674. The Morgan fingerprint density at radius 3 is 2.33 bits per heavy atom. The second kappa shape index (κ2) is 9.30. The molecule has 1 aromatic rings. The molecule has 3 N–H and O–H groups in total. The molecule has 2 rings (SSSR count). The molecule has 2 amide bonds. The van der Waals surface area contributed by atoms with Crippen molar-refractivity contribution in [1.29, 1.82) is 0 Å². The van der Waals surface area contributed by atoms with Crippen LogP contribution < -0.4 is 16.0 Å². The first kappa shape index (κ1) is 18.3. The smallest absolute Gasteiger partial charge is 0.239 e. The van der Waals surface area contributed by atoms with Crippen molar-refractivity contribution >= 4 is 23.2 Å². The van der Waals surface area contributed by atoms with E-state index in [-0.39, 0.29) is 18.4 Å². The van der Waals surface area contributed by atoms with Gasteiger partial charge in [-0.15, -0.1) is 0 Å². The number of anilines is 2. The molecule has 1 fully saturated rings. The Labute approximate surface area is 144 Å². The lowest BCUT2D eigenvalue weighted by atomic mass is 9.97. The van der Waals surface area contributed by atoms with Crippen molar-refractivity contribution in [2.75, 3.05) is 17.2 Å². The van der Waals surface area contributed by atoms with Crippen LogP contribution in [0.2, 0.25) is 0 Å². The SMILES string of the molecule is CC(=O)Nc1cccc(NCC(=O)NC2CCCCCCC2)c1C. The average molecular weight is 331 g/mol. The first-order valence-corrected chi connectivity index (χ1v) is 8.96. The molecular weight excluding hydrogens is 302 g/mol. The number of carbonyl (C=O) groups excluding carboxylic acids is 2. The standard InChI is InChI=1S/C19H29N3O2/c1-14-17(11-8-12-18(14)21-15(2)23)20-13-19(24)22-16-9-6-4-3-5-7-10-16/h8,11-12,16,20H,3-7,9-10,13H2,1-2H3,(H,21,23)(H,22,24). The van der Waals surface area contributed by atoms with Crippen LogP contribution in [0.25, 0.3) is 0 Å². The Morgan fingerprint density at radius 2 is 1.67 bits per heavy atom. The second-order valence-corrected chi connectivity index (χ2v) is 6.62. The van der Waals surface area contributed by atoms with Gasteiger partial charge in [0.05, 0.1) is 6.54 Å². The predicted octanol–water partition coefficient (Wildman–Crippen LogP) is 3.59. The fraction of sp³-hybridized carbons (Fsp3) is 0.579. The summed E-state index contributed by atoms with van der Waals surface area (Å²) in [6.45, 7) is 3.67. The minimum absolute atomic E-state index is 0.0323. The normalized spacial score (nSPS) is 15.9. The van der Waals surface area contributed by atoms with Gasteiger partial charge in [-0.3, -0.25) is 9.59 Å². The topological polar surface area (TPSA) is 70.2 Å². The van der Waals surface area contributed by atoms with Crippen molar-refractivity contribution in [1.82, 2.24) is 5.32 Å². The Bertz CT molecular complexity index is 564. The van der Waals surface area contributed by atoms with E-state index in [2.05, 4.69) is 16.0 Å². The van der Waals surface area contributed by atoms with E-state index in [9.17, 15) is 9.59 Å². The van der Waals surface area contributed by atoms with Crippen LogP contribution in [-0.2, 0) is 9.59 Å². The van der Waals surface area contributed by atoms with E-state index in [0.29, 0.717) is 6.04 Å². The largest absolute Gasteiger partial charge is 0.376 e. The highest BCUT2D eigenvalue weighted by atomic mass is 16.2. The zero-order valence-corrected chi connectivity index (χ0v) is 14.8. The van der Waals surface area contributed by atoms with Crippen molar-refractivity contribution < 1.29 is 9.59 Å². The number of rotatable bonds is 5. The highest BCUT2D eigenvalue weighted by Crippen LogP contribution is 2.23. The molecule has 0 aliphatic heterocycles. The number of carbonyl (C=O) groups is 2. The van der Waals surface area contributed by atoms with E-state index >= 15 is 0 Å². The van der Waals surface area contributed by atoms with Gasteiger partial charge in [0.25, 0.3) is 0 Å². The van der Waals surface area contributed by atoms with Gasteiger partial charge in [0.1, 0.15) is 0 Å². The molecule has 0 heterocycles. The van der Waals surface area contributed by atoms with Crippen molar-refractivity contribution in [2.24, 2.45) is 0 Å². The third kappa shape index (κ3) is 5.87. The summed E-state index contributed by atoms with van der Waals surface area (Å²) in [6, 6.07) is 5.96. The monoisotopic (exact) mass is 331 g/mol. The van der Waals surface area contributed by atoms with Crippen molar-refractivity contribution in [2.45, 2.75) is 64.8 Å². The van der Waals surface area contributed by atoms with Crippen LogP contribution in [0.5, 0.6) is 0 Å². The first-order valence-electron chi connectivity index (χ1n) is 8.96. The molecule has 1 aliphatic rings. The van der Waals surface area contributed by atoms with E-state index in [0.717, 1.165) is 29.8 Å². The highest BCUT2D eigenvalue weighted by molar-refractivity contribution is 5.91. The molecule has 5 nitrogen and oxygen atoms in total. The number of benzene rings is 1. The maximum Gasteiger partial charge on any atom is 0.239 e. The van der Waals surface area contributed by atoms with E-state index in [1.807, 2.05) is 25.1 Å². The number of nitrogens with one attached hydrogen (secondary N) is 3. The van der Waals surface area contributed by atoms with Gasteiger partial charge in [-0.05, 0) is 37.5 Å². The van der Waals surface area contributed by atoms with E-state index in [1.165, 1.54) is 39.0 Å². The number of amides is 2. The molecule has 0 radical (unpaired) electrons. The Kier molecular flexibility index (Phi) is 7.09. The quantitative estimate of drug-likeness (QED) is 0.772. The van der Waals surface area contributed by atoms with Gasteiger partial charge in [-0.2, -0.15) is 0 Å². The maximum absolute atomic E-state index is 12.2. The van der Waals surface area contributed by atoms with E-state index < -0.39 is 0 Å². The lowest BCUT2D eigenvalue weighted by Crippen LogP contribution is -2.38. The molecule has 0 spiro atoms. The van der Waals surface area contributed by atoms with E-state index in [4.69, 9.17) is 0 Å². The third-order valence-electron chi connectivity index (χ3n) is 4.55. The average Bonchev–Trinajstić information content (AvgIpc) is 2.50. The summed E-state index contributed by atoms with van der Waals surface area (Å²) < 4.78 is 0. The minimum atomic E-state index is -0.0997. The van der Waals surface area contributed by atoms with Crippen LogP contribution in [0.4, 0.5) is 11.4 Å². The van der Waals surface area contributed by atoms with Crippen molar-refractivity contribution in [3.05, 3.63) is 23.8 Å². The molecule has 5 heteroatoms. The molecular formula is C19H29N3O2. The van der Waals surface area contributed by atoms with Crippen LogP contribution >= 0.6 is 0 Å². The van der Waals surface area contributed by atoms with E-state index in [1.54, 1.807) is 0 Å². The third-order valence-corrected chi connectivity index (χ3v) is 4.55. The molecule has 132 valence electrons. The van der Waals surface area contributed by atoms with Crippen LogP contribution in [0.3, 0.4) is 0 Å². The first-order chi connectivity index (χ1) is 11.6. The Hall–Kier alpha value is -2.04. The fourth-order valence-corrected chi connectivity index (χ4v) is 3.21. The zero-order chi connectivity index (χ0) is 17.4. The van der Waals surface area contributed by atoms with Crippen molar-refractivity contribution in [3.8, 4) is 0 Å². The summed E-state index contributed by atoms with van der Waals surface area (Å²) in [7, 11) is 0. The summed E-state index contributed by atoms with van der Waals surface area (Å²) >= 11 is 0. The molecule has 24 heavy (non-hydrogen) atoms. The molecule has 1 saturated carbocycles. The second-order valence-electron chi connectivity index (χ2n) is 6.62. The lowest BCUT2D eigenvalue weighted by molar-refractivity contribution is -0.120. The highest BCUT2D eigenvalue weighted by Gasteiger charge is 2.14. The maximum atomic E-state index is 12.2.